The Balaban J connectivity index is 0.000000720. The van der Waals surface area contributed by atoms with E-state index in [0.717, 1.165) is 6.04 Å². The first-order valence-electron chi connectivity index (χ1n) is 4.59. The van der Waals surface area contributed by atoms with Crippen LogP contribution in [-0.2, 0) is 0 Å². The summed E-state index contributed by atoms with van der Waals surface area (Å²) < 4.78 is 0. The Morgan fingerprint density at radius 2 is 1.77 bits per heavy atom. The lowest BCUT2D eigenvalue weighted by molar-refractivity contribution is -0.0861. The van der Waals surface area contributed by atoms with Gasteiger partial charge in [0.05, 0.1) is 0 Å². The standard InChI is InChI=1S/C9H18N2.2ClH/c1-11(2)8-6-7(10)9(8)4-3-5-9;;/h7-8H,3-6,10H2,1-2H3;2*1H. The number of nitrogens with zero attached hydrogens (tertiary/aromatic N) is 1. The van der Waals surface area contributed by atoms with Gasteiger partial charge in [0.2, 0.25) is 0 Å². The van der Waals surface area contributed by atoms with Crippen LogP contribution in [0.15, 0.2) is 0 Å². The lowest BCUT2D eigenvalue weighted by Crippen LogP contribution is -2.68. The molecular formula is C9H20Cl2N2. The maximum absolute atomic E-state index is 6.02. The van der Waals surface area contributed by atoms with Gasteiger partial charge in [-0.05, 0) is 33.4 Å². The monoisotopic (exact) mass is 226 g/mol. The molecule has 1 spiro atoms. The molecule has 0 bridgehead atoms. The van der Waals surface area contributed by atoms with Crippen LogP contribution in [0.2, 0.25) is 0 Å². The average Bonchev–Trinajstić information content (AvgIpc) is 1.78. The van der Waals surface area contributed by atoms with Crippen LogP contribution >= 0.6 is 24.8 Å². The molecule has 0 amide bonds. The Morgan fingerprint density at radius 3 is 1.92 bits per heavy atom. The van der Waals surface area contributed by atoms with Gasteiger partial charge < -0.3 is 10.6 Å². The molecule has 0 aromatic rings. The van der Waals surface area contributed by atoms with Crippen molar-refractivity contribution in [1.82, 2.24) is 4.90 Å². The fourth-order valence-electron chi connectivity index (χ4n) is 2.81. The molecule has 2 N–H and O–H groups in total. The minimum Gasteiger partial charge on any atom is -0.327 e. The van der Waals surface area contributed by atoms with Gasteiger partial charge in [-0.3, -0.25) is 0 Å². The van der Waals surface area contributed by atoms with E-state index in [4.69, 9.17) is 5.73 Å². The van der Waals surface area contributed by atoms with Crippen molar-refractivity contribution < 1.29 is 0 Å². The highest BCUT2D eigenvalue weighted by Crippen LogP contribution is 2.56. The van der Waals surface area contributed by atoms with Crippen molar-refractivity contribution in [2.24, 2.45) is 11.1 Å². The van der Waals surface area contributed by atoms with E-state index in [9.17, 15) is 0 Å². The van der Waals surface area contributed by atoms with E-state index >= 15 is 0 Å². The van der Waals surface area contributed by atoms with E-state index in [1.165, 1.54) is 25.7 Å². The van der Waals surface area contributed by atoms with Gasteiger partial charge in [-0.2, -0.15) is 0 Å². The molecule has 80 valence electrons. The highest BCUT2D eigenvalue weighted by atomic mass is 35.5. The number of nitrogens with two attached hydrogens (primary N) is 1. The van der Waals surface area contributed by atoms with Crippen LogP contribution in [0.4, 0.5) is 0 Å². The van der Waals surface area contributed by atoms with Crippen LogP contribution in [0.3, 0.4) is 0 Å². The zero-order valence-electron chi connectivity index (χ0n) is 8.32. The van der Waals surface area contributed by atoms with Gasteiger partial charge in [0.15, 0.2) is 0 Å². The Kier molecular flexibility index (Phi) is 4.51. The molecule has 2 rings (SSSR count). The van der Waals surface area contributed by atoms with Crippen molar-refractivity contribution in [2.75, 3.05) is 14.1 Å². The second-order valence-electron chi connectivity index (χ2n) is 4.41. The minimum atomic E-state index is 0. The topological polar surface area (TPSA) is 29.3 Å². The molecule has 0 radical (unpaired) electrons. The van der Waals surface area contributed by atoms with Crippen molar-refractivity contribution in [2.45, 2.75) is 37.8 Å². The van der Waals surface area contributed by atoms with E-state index in [0.29, 0.717) is 11.5 Å². The summed E-state index contributed by atoms with van der Waals surface area (Å²) in [4.78, 5) is 2.35. The quantitative estimate of drug-likeness (QED) is 0.738. The van der Waals surface area contributed by atoms with Crippen LogP contribution in [0.25, 0.3) is 0 Å². The van der Waals surface area contributed by atoms with Crippen molar-refractivity contribution in [1.29, 1.82) is 0 Å². The lowest BCUT2D eigenvalue weighted by Gasteiger charge is -2.62. The second kappa shape index (κ2) is 4.35. The molecule has 13 heavy (non-hydrogen) atoms. The van der Waals surface area contributed by atoms with Gasteiger partial charge in [-0.25, -0.2) is 0 Å². The Labute approximate surface area is 93.1 Å². The third kappa shape index (κ3) is 1.70. The van der Waals surface area contributed by atoms with Crippen LogP contribution in [0.5, 0.6) is 0 Å². The van der Waals surface area contributed by atoms with Crippen LogP contribution in [-0.4, -0.2) is 31.1 Å². The van der Waals surface area contributed by atoms with E-state index in [-0.39, 0.29) is 24.8 Å². The summed E-state index contributed by atoms with van der Waals surface area (Å²) >= 11 is 0. The SMILES string of the molecule is CN(C)C1CC(N)C12CCC2.Cl.Cl. The summed E-state index contributed by atoms with van der Waals surface area (Å²) in [5.41, 5.74) is 6.57. The molecule has 2 unspecified atom stereocenters. The Hall–Kier alpha value is 0.500. The molecule has 0 aromatic carbocycles. The predicted molar refractivity (Wildman–Crippen MR) is 60.8 cm³/mol. The van der Waals surface area contributed by atoms with Gasteiger partial charge in [0.25, 0.3) is 0 Å². The first-order chi connectivity index (χ1) is 5.17. The predicted octanol–water partition coefficient (Wildman–Crippen LogP) is 1.66. The summed E-state index contributed by atoms with van der Waals surface area (Å²) in [5.74, 6) is 0. The second-order valence-corrected chi connectivity index (χ2v) is 4.41. The van der Waals surface area contributed by atoms with Gasteiger partial charge >= 0.3 is 0 Å². The normalized spacial score (nSPS) is 34.2. The third-order valence-corrected chi connectivity index (χ3v) is 3.79. The number of hydrogen-bond acceptors (Lipinski definition) is 2. The Bertz CT molecular complexity index is 169. The van der Waals surface area contributed by atoms with Crippen LogP contribution in [0.1, 0.15) is 25.7 Å². The first-order valence-corrected chi connectivity index (χ1v) is 4.59. The molecule has 0 saturated heterocycles. The lowest BCUT2D eigenvalue weighted by atomic mass is 9.50. The third-order valence-electron chi connectivity index (χ3n) is 3.79. The number of hydrogen-bond donors (Lipinski definition) is 1. The molecule has 2 nitrogen and oxygen atoms in total. The zero-order chi connectivity index (χ0) is 8.06. The molecule has 2 saturated carbocycles. The Morgan fingerprint density at radius 1 is 1.23 bits per heavy atom. The number of rotatable bonds is 1. The van der Waals surface area contributed by atoms with Gasteiger partial charge in [-0.15, -0.1) is 24.8 Å². The molecular weight excluding hydrogens is 207 g/mol. The van der Waals surface area contributed by atoms with Crippen molar-refractivity contribution >= 4 is 24.8 Å². The van der Waals surface area contributed by atoms with E-state index in [1.54, 1.807) is 0 Å². The van der Waals surface area contributed by atoms with Crippen LogP contribution < -0.4 is 5.73 Å². The molecule has 2 aliphatic carbocycles. The fraction of sp³-hybridized carbons (Fsp3) is 1.00. The largest absolute Gasteiger partial charge is 0.327 e. The molecule has 0 aliphatic heterocycles. The maximum Gasteiger partial charge on any atom is 0.0175 e. The summed E-state index contributed by atoms with van der Waals surface area (Å²) in [6.45, 7) is 0. The highest BCUT2D eigenvalue weighted by molar-refractivity contribution is 5.85. The summed E-state index contributed by atoms with van der Waals surface area (Å²) in [7, 11) is 4.35. The first kappa shape index (κ1) is 13.5. The maximum atomic E-state index is 6.02. The fourth-order valence-corrected chi connectivity index (χ4v) is 2.81. The smallest absolute Gasteiger partial charge is 0.0175 e. The summed E-state index contributed by atoms with van der Waals surface area (Å²) in [6, 6.07) is 1.29. The van der Waals surface area contributed by atoms with E-state index in [2.05, 4.69) is 19.0 Å². The van der Waals surface area contributed by atoms with Gasteiger partial charge in [-0.1, -0.05) is 6.42 Å². The highest BCUT2D eigenvalue weighted by Gasteiger charge is 2.57. The number of halogens is 2. The minimum absolute atomic E-state index is 0. The van der Waals surface area contributed by atoms with E-state index in [1.807, 2.05) is 0 Å². The van der Waals surface area contributed by atoms with Crippen LogP contribution in [0, 0.1) is 5.41 Å². The molecule has 2 aliphatic rings. The molecule has 0 aromatic heterocycles. The summed E-state index contributed by atoms with van der Waals surface area (Å²) in [5, 5.41) is 0. The molecule has 0 heterocycles. The van der Waals surface area contributed by atoms with Gasteiger partial charge in [0.1, 0.15) is 0 Å². The van der Waals surface area contributed by atoms with E-state index < -0.39 is 0 Å². The van der Waals surface area contributed by atoms with Crippen molar-refractivity contribution in [3.8, 4) is 0 Å². The van der Waals surface area contributed by atoms with Crippen molar-refractivity contribution in [3.63, 3.8) is 0 Å². The molecule has 4 heteroatoms. The summed E-state index contributed by atoms with van der Waals surface area (Å²) in [6.07, 6.45) is 5.36. The average molecular weight is 227 g/mol. The van der Waals surface area contributed by atoms with Crippen molar-refractivity contribution in [3.05, 3.63) is 0 Å². The molecule has 2 fully saturated rings. The molecule has 2 atom stereocenters. The zero-order valence-corrected chi connectivity index (χ0v) is 9.96. The van der Waals surface area contributed by atoms with Gasteiger partial charge in [0, 0.05) is 17.5 Å².